The molecule has 2 aliphatic rings. The number of likely N-dealkylation sites (tertiary alicyclic amines) is 1. The molecule has 1 aromatic heterocycles. The van der Waals surface area contributed by atoms with Gasteiger partial charge in [0.1, 0.15) is 0 Å². The van der Waals surface area contributed by atoms with Crippen LogP contribution >= 0.6 is 0 Å². The van der Waals surface area contributed by atoms with Crippen LogP contribution in [0, 0.1) is 11.8 Å². The van der Waals surface area contributed by atoms with Crippen LogP contribution in [-0.2, 0) is 11.2 Å². The summed E-state index contributed by atoms with van der Waals surface area (Å²) in [7, 11) is 0. The summed E-state index contributed by atoms with van der Waals surface area (Å²) >= 11 is 0. The number of amides is 1. The zero-order chi connectivity index (χ0) is 19.9. The van der Waals surface area contributed by atoms with Crippen LogP contribution in [-0.4, -0.2) is 58.5 Å². The summed E-state index contributed by atoms with van der Waals surface area (Å²) in [5.41, 5.74) is 0.853. The lowest BCUT2D eigenvalue weighted by molar-refractivity contribution is -0.120. The predicted octanol–water partition coefficient (Wildman–Crippen LogP) is 2.39. The van der Waals surface area contributed by atoms with E-state index in [1.54, 1.807) is 12.4 Å². The van der Waals surface area contributed by atoms with E-state index in [0.29, 0.717) is 37.5 Å². The minimum atomic E-state index is -0.00288. The number of anilines is 1. The first kappa shape index (κ1) is 20.6. The smallest absolute Gasteiger partial charge is 0.225 e. The van der Waals surface area contributed by atoms with Crippen molar-refractivity contribution in [3.63, 3.8) is 0 Å². The van der Waals surface area contributed by atoms with Crippen molar-refractivity contribution in [2.75, 3.05) is 24.5 Å². The Bertz CT molecular complexity index is 694. The van der Waals surface area contributed by atoms with Crippen molar-refractivity contribution in [2.45, 2.75) is 77.4 Å². The summed E-state index contributed by atoms with van der Waals surface area (Å²) in [4.78, 5) is 26.3. The van der Waals surface area contributed by atoms with E-state index in [9.17, 15) is 4.79 Å². The number of aromatic nitrogens is 2. The third-order valence-corrected chi connectivity index (χ3v) is 5.89. The largest absolute Gasteiger partial charge is 0.355 e. The maximum absolute atomic E-state index is 12.0. The molecule has 6 heteroatoms. The van der Waals surface area contributed by atoms with Gasteiger partial charge >= 0.3 is 0 Å². The molecule has 2 saturated heterocycles. The molecule has 0 aliphatic carbocycles. The Morgan fingerprint density at radius 1 is 1.21 bits per heavy atom. The van der Waals surface area contributed by atoms with Gasteiger partial charge in [-0.3, -0.25) is 9.69 Å². The molecule has 0 radical (unpaired) electrons. The van der Waals surface area contributed by atoms with Crippen LogP contribution in [0.15, 0.2) is 12.4 Å². The molecule has 2 aliphatic heterocycles. The summed E-state index contributed by atoms with van der Waals surface area (Å²) in [6.07, 6.45) is 9.09. The minimum Gasteiger partial charge on any atom is -0.355 e. The van der Waals surface area contributed by atoms with Crippen molar-refractivity contribution >= 4 is 11.9 Å². The highest BCUT2D eigenvalue weighted by Gasteiger charge is 2.41. The monoisotopic (exact) mass is 383 g/mol. The van der Waals surface area contributed by atoms with E-state index in [0.717, 1.165) is 31.0 Å². The van der Waals surface area contributed by atoms with Crippen molar-refractivity contribution in [3.8, 4) is 11.8 Å². The summed E-state index contributed by atoms with van der Waals surface area (Å²) < 4.78 is 0. The van der Waals surface area contributed by atoms with Crippen molar-refractivity contribution in [3.05, 3.63) is 18.0 Å². The number of fused-ring (bicyclic) bond motifs is 2. The third-order valence-electron chi connectivity index (χ3n) is 5.89. The summed E-state index contributed by atoms with van der Waals surface area (Å²) in [6.45, 7) is 9.39. The van der Waals surface area contributed by atoms with E-state index in [1.165, 1.54) is 19.3 Å². The molecule has 1 amide bonds. The van der Waals surface area contributed by atoms with Gasteiger partial charge in [-0.2, -0.15) is 0 Å². The van der Waals surface area contributed by atoms with Gasteiger partial charge < -0.3 is 10.2 Å². The molecule has 1 N–H and O–H groups in total. The molecular formula is C22H33N5O. The molecule has 3 unspecified atom stereocenters. The fraction of sp³-hybridized carbons (Fsp3) is 0.682. The number of rotatable bonds is 7. The van der Waals surface area contributed by atoms with Crippen molar-refractivity contribution < 1.29 is 4.79 Å². The Hall–Kier alpha value is -2.13. The van der Waals surface area contributed by atoms with Gasteiger partial charge in [0.05, 0.1) is 6.42 Å². The molecule has 0 aromatic carbocycles. The molecule has 1 aromatic rings. The Morgan fingerprint density at radius 2 is 1.89 bits per heavy atom. The zero-order valence-electron chi connectivity index (χ0n) is 17.4. The highest BCUT2D eigenvalue weighted by molar-refractivity contribution is 5.78. The summed E-state index contributed by atoms with van der Waals surface area (Å²) in [5.74, 6) is 6.84. The van der Waals surface area contributed by atoms with Crippen LogP contribution in [0.5, 0.6) is 0 Å². The average Bonchev–Trinajstić information content (AvgIpc) is 2.97. The van der Waals surface area contributed by atoms with Gasteiger partial charge in [-0.15, -0.1) is 11.8 Å². The lowest BCUT2D eigenvalue weighted by Crippen LogP contribution is -2.56. The zero-order valence-corrected chi connectivity index (χ0v) is 17.4. The van der Waals surface area contributed by atoms with Crippen LogP contribution in [0.4, 0.5) is 5.95 Å². The van der Waals surface area contributed by atoms with E-state index in [2.05, 4.69) is 50.8 Å². The molecule has 3 rings (SSSR count). The van der Waals surface area contributed by atoms with E-state index in [1.807, 2.05) is 6.92 Å². The van der Waals surface area contributed by atoms with Crippen LogP contribution in [0.1, 0.15) is 58.4 Å². The molecule has 152 valence electrons. The Morgan fingerprint density at radius 3 is 2.50 bits per heavy atom. The molecular weight excluding hydrogens is 350 g/mol. The number of carbonyl (C=O) groups excluding carboxylic acids is 1. The van der Waals surface area contributed by atoms with Gasteiger partial charge in [0, 0.05) is 63.0 Å². The highest BCUT2D eigenvalue weighted by atomic mass is 16.1. The molecule has 2 bridgehead atoms. The van der Waals surface area contributed by atoms with Crippen LogP contribution in [0.2, 0.25) is 0 Å². The third kappa shape index (κ3) is 5.02. The Kier molecular flexibility index (Phi) is 7.27. The van der Waals surface area contributed by atoms with Crippen molar-refractivity contribution in [2.24, 2.45) is 0 Å². The second-order valence-electron chi connectivity index (χ2n) is 7.88. The number of nitrogens with one attached hydrogen (secondary N) is 1. The summed E-state index contributed by atoms with van der Waals surface area (Å²) in [6, 6.07) is 1.65. The second-order valence-corrected chi connectivity index (χ2v) is 7.88. The SMILES string of the molecule is CCC#CCCNC(=O)Cc1cnc(N2C3CCC2CN(C(C)CC)C3)nc1. The first-order chi connectivity index (χ1) is 13.6. The first-order valence-electron chi connectivity index (χ1n) is 10.7. The standard InChI is InChI=1S/C22H33N5O/c1-4-6-7-8-11-23-21(28)12-18-13-24-22(25-14-18)27-19-9-10-20(27)16-26(15-19)17(3)5-2/h13-14,17,19-20H,4-5,8-12,15-16H2,1-3H3,(H,23,28). The molecule has 28 heavy (non-hydrogen) atoms. The highest BCUT2D eigenvalue weighted by Crippen LogP contribution is 2.33. The number of hydrogen-bond acceptors (Lipinski definition) is 5. The maximum Gasteiger partial charge on any atom is 0.225 e. The number of piperazine rings is 1. The van der Waals surface area contributed by atoms with Gasteiger partial charge in [0.2, 0.25) is 11.9 Å². The minimum absolute atomic E-state index is 0.00288. The average molecular weight is 384 g/mol. The molecule has 6 nitrogen and oxygen atoms in total. The van der Waals surface area contributed by atoms with Crippen molar-refractivity contribution in [1.82, 2.24) is 20.2 Å². The summed E-state index contributed by atoms with van der Waals surface area (Å²) in [5, 5.41) is 2.90. The topological polar surface area (TPSA) is 61.4 Å². The quantitative estimate of drug-likeness (QED) is 0.579. The fourth-order valence-electron chi connectivity index (χ4n) is 4.18. The van der Waals surface area contributed by atoms with Crippen LogP contribution in [0.3, 0.4) is 0 Å². The van der Waals surface area contributed by atoms with E-state index in [-0.39, 0.29) is 5.91 Å². The van der Waals surface area contributed by atoms with Gasteiger partial charge in [0.25, 0.3) is 0 Å². The Balaban J connectivity index is 1.53. The predicted molar refractivity (Wildman–Crippen MR) is 112 cm³/mol. The van der Waals surface area contributed by atoms with E-state index >= 15 is 0 Å². The Labute approximate surface area is 169 Å². The lowest BCUT2D eigenvalue weighted by atomic mass is 10.1. The van der Waals surface area contributed by atoms with Gasteiger partial charge in [-0.05, 0) is 31.7 Å². The van der Waals surface area contributed by atoms with Crippen LogP contribution in [0.25, 0.3) is 0 Å². The number of hydrogen-bond donors (Lipinski definition) is 1. The number of carbonyl (C=O) groups is 1. The fourth-order valence-corrected chi connectivity index (χ4v) is 4.18. The molecule has 3 atom stereocenters. The normalized spacial score (nSPS) is 22.5. The molecule has 3 heterocycles. The first-order valence-corrected chi connectivity index (χ1v) is 10.7. The maximum atomic E-state index is 12.0. The van der Waals surface area contributed by atoms with Gasteiger partial charge in [-0.1, -0.05) is 13.8 Å². The van der Waals surface area contributed by atoms with E-state index in [4.69, 9.17) is 0 Å². The second kappa shape index (κ2) is 9.88. The lowest BCUT2D eigenvalue weighted by Gasteiger charge is -2.43. The van der Waals surface area contributed by atoms with Gasteiger partial charge in [0.15, 0.2) is 0 Å². The number of nitrogens with zero attached hydrogens (tertiary/aromatic N) is 4. The molecule has 0 spiro atoms. The van der Waals surface area contributed by atoms with Crippen molar-refractivity contribution in [1.29, 1.82) is 0 Å². The van der Waals surface area contributed by atoms with E-state index < -0.39 is 0 Å². The molecule has 0 saturated carbocycles. The van der Waals surface area contributed by atoms with Crippen LogP contribution < -0.4 is 10.2 Å². The van der Waals surface area contributed by atoms with Gasteiger partial charge in [-0.25, -0.2) is 9.97 Å². The molecule has 2 fully saturated rings.